The molecular formula is C52H36N4O4Zn. The van der Waals surface area contributed by atoms with Gasteiger partial charge in [-0.1, -0.05) is 60.4 Å². The summed E-state index contributed by atoms with van der Waals surface area (Å²) in [5.41, 5.74) is 13.9. The molecule has 0 radical (unpaired) electrons. The van der Waals surface area contributed by atoms with Gasteiger partial charge in [-0.15, -0.1) is 34.9 Å². The van der Waals surface area contributed by atoms with Crippen LogP contribution in [-0.2, 0) is 19.5 Å². The zero-order valence-corrected chi connectivity index (χ0v) is 37.0. The number of ether oxygens (including phenoxy) is 4. The third kappa shape index (κ3) is 7.60. The Morgan fingerprint density at radius 1 is 0.393 bits per heavy atom. The number of hydrogen-bond donors (Lipinski definition) is 0. The molecular weight excluding hydrogens is 810 g/mol. The molecule has 8 nitrogen and oxygen atoms in total. The van der Waals surface area contributed by atoms with E-state index in [0.717, 1.165) is 78.1 Å². The predicted molar refractivity (Wildman–Crippen MR) is 241 cm³/mol. The summed E-state index contributed by atoms with van der Waals surface area (Å²) >= 11 is 0. The minimum atomic E-state index is 0. The Kier molecular flexibility index (Phi) is 11.2. The molecule has 7 aromatic rings. The molecule has 0 unspecified atom stereocenters. The van der Waals surface area contributed by atoms with Crippen LogP contribution in [0.4, 0.5) is 0 Å². The van der Waals surface area contributed by atoms with Crippen molar-refractivity contribution >= 4 is 46.4 Å². The molecule has 2 aliphatic heterocycles. The molecule has 0 spiro atoms. The van der Waals surface area contributed by atoms with Gasteiger partial charge >= 0.3 is 19.5 Å². The van der Waals surface area contributed by atoms with Crippen LogP contribution in [0, 0.1) is 24.7 Å². The molecule has 0 saturated carbocycles. The second-order valence-corrected chi connectivity index (χ2v) is 14.0. The number of aromatic nitrogens is 4. The molecule has 0 fully saturated rings. The van der Waals surface area contributed by atoms with Gasteiger partial charge in [0, 0.05) is 23.3 Å². The van der Waals surface area contributed by atoms with Gasteiger partial charge in [0.1, 0.15) is 23.0 Å². The summed E-state index contributed by atoms with van der Waals surface area (Å²) in [6.45, 7) is 0. The SMILES string of the molecule is C#Cc1ccc(-c2c3nc(c(-c4ccc(C#C)cc4)c4ccc([n-]4)c(-c4cc(OC)cc(OC)c4)c4nc(c(-c5cc(OC)cc(OC)c5)c5ccc2[n-]5)C=C4)C=C3)cc1.[Zn+2]. The van der Waals surface area contributed by atoms with Gasteiger partial charge in [-0.25, -0.2) is 9.97 Å². The van der Waals surface area contributed by atoms with Gasteiger partial charge in [-0.05, 0) is 117 Å². The largest absolute Gasteiger partial charge is 2.00 e. The van der Waals surface area contributed by atoms with E-state index in [1.165, 1.54) is 0 Å². The fraction of sp³-hybridized carbons (Fsp3) is 0.0769. The van der Waals surface area contributed by atoms with Crippen molar-refractivity contribution in [3.05, 3.63) is 143 Å². The smallest absolute Gasteiger partial charge is 0.657 e. The summed E-state index contributed by atoms with van der Waals surface area (Å²) in [6, 6.07) is 35.3. The van der Waals surface area contributed by atoms with E-state index in [-0.39, 0.29) is 19.5 Å². The minimum Gasteiger partial charge on any atom is -0.657 e. The van der Waals surface area contributed by atoms with Gasteiger partial charge in [-0.2, -0.15) is 0 Å². The molecule has 0 N–H and O–H groups in total. The Morgan fingerprint density at radius 2 is 0.672 bits per heavy atom. The summed E-state index contributed by atoms with van der Waals surface area (Å²) in [4.78, 5) is 21.4. The molecule has 61 heavy (non-hydrogen) atoms. The summed E-state index contributed by atoms with van der Waals surface area (Å²) in [5, 5.41) is 0. The number of nitrogens with zero attached hydrogens (tertiary/aromatic N) is 4. The number of fused-ring (bicyclic) bond motifs is 8. The predicted octanol–water partition coefficient (Wildman–Crippen LogP) is 10.6. The van der Waals surface area contributed by atoms with E-state index < -0.39 is 0 Å². The fourth-order valence-electron chi connectivity index (χ4n) is 7.64. The van der Waals surface area contributed by atoms with Crippen molar-refractivity contribution in [2.75, 3.05) is 28.4 Å². The topological polar surface area (TPSA) is 90.9 Å². The molecule has 8 bridgehead atoms. The van der Waals surface area contributed by atoms with Crippen molar-refractivity contribution in [1.29, 1.82) is 0 Å². The van der Waals surface area contributed by atoms with Gasteiger partial charge < -0.3 is 28.9 Å². The first kappa shape index (κ1) is 40.2. The average molecular weight is 846 g/mol. The first-order valence-corrected chi connectivity index (χ1v) is 19.1. The van der Waals surface area contributed by atoms with Crippen molar-refractivity contribution in [2.45, 2.75) is 0 Å². The first-order valence-electron chi connectivity index (χ1n) is 19.1. The first-order chi connectivity index (χ1) is 29.4. The molecule has 4 aromatic carbocycles. The Bertz CT molecular complexity index is 2910. The standard InChI is InChI=1S/C52H36N4O4.Zn/c1-7-31-9-13-33(14-10-31)49-41-17-18-42(53-41)50(34-15-11-32(8-2)12-16-34)44-20-22-46(55-44)52(36-27-39(59-5)30-40(28-36)60-6)48-24-23-47(56-48)51(45-21-19-43(49)54-45)35-25-37(57-3)29-38(26-35)58-4;/h1-2,9-30H,3-6H3;/q-2;+2. The molecule has 3 aromatic heterocycles. The van der Waals surface area contributed by atoms with E-state index in [1.54, 1.807) is 28.4 Å². The number of benzene rings is 4. The number of terminal acetylenes is 2. The van der Waals surface area contributed by atoms with E-state index in [9.17, 15) is 0 Å². The number of hydrogen-bond acceptors (Lipinski definition) is 6. The van der Waals surface area contributed by atoms with Crippen LogP contribution >= 0.6 is 0 Å². The van der Waals surface area contributed by atoms with Crippen molar-refractivity contribution < 1.29 is 38.4 Å². The monoisotopic (exact) mass is 844 g/mol. The van der Waals surface area contributed by atoms with Crippen molar-refractivity contribution in [1.82, 2.24) is 19.9 Å². The summed E-state index contributed by atoms with van der Waals surface area (Å²) in [7, 11) is 6.53. The third-order valence-corrected chi connectivity index (χ3v) is 10.6. The van der Waals surface area contributed by atoms with E-state index in [0.29, 0.717) is 45.4 Å². The quantitative estimate of drug-likeness (QED) is 0.110. The van der Waals surface area contributed by atoms with E-state index >= 15 is 0 Å². The van der Waals surface area contributed by atoms with Crippen molar-refractivity contribution in [3.8, 4) is 92.2 Å². The van der Waals surface area contributed by atoms with Crippen LogP contribution in [-0.4, -0.2) is 38.4 Å². The van der Waals surface area contributed by atoms with Crippen LogP contribution < -0.4 is 28.9 Å². The summed E-state index contributed by atoms with van der Waals surface area (Å²) in [6.07, 6.45) is 19.6. The van der Waals surface area contributed by atoms with E-state index in [1.807, 2.05) is 133 Å². The summed E-state index contributed by atoms with van der Waals surface area (Å²) < 4.78 is 23.0. The van der Waals surface area contributed by atoms with Crippen LogP contribution in [0.3, 0.4) is 0 Å². The molecule has 0 atom stereocenters. The zero-order valence-electron chi connectivity index (χ0n) is 34.0. The molecule has 290 valence electrons. The van der Waals surface area contributed by atoms with Crippen LogP contribution in [0.25, 0.3) is 90.9 Å². The van der Waals surface area contributed by atoms with Gasteiger partial charge in [0.2, 0.25) is 0 Å². The van der Waals surface area contributed by atoms with E-state index in [2.05, 4.69) is 11.8 Å². The Morgan fingerprint density at radius 3 is 0.934 bits per heavy atom. The summed E-state index contributed by atoms with van der Waals surface area (Å²) in [5.74, 6) is 7.97. The van der Waals surface area contributed by atoms with Crippen molar-refractivity contribution in [3.63, 3.8) is 0 Å². The molecule has 0 amide bonds. The Hall–Kier alpha value is -7.58. The van der Waals surface area contributed by atoms with E-state index in [4.69, 9.17) is 51.7 Å². The molecule has 0 saturated heterocycles. The molecule has 2 aliphatic rings. The molecule has 9 rings (SSSR count). The Labute approximate surface area is 366 Å². The minimum absolute atomic E-state index is 0. The van der Waals surface area contributed by atoms with Crippen LogP contribution in [0.15, 0.2) is 109 Å². The maximum Gasteiger partial charge on any atom is 2.00 e. The van der Waals surface area contributed by atoms with Crippen LogP contribution in [0.1, 0.15) is 33.9 Å². The Balaban J connectivity index is 0.00000514. The third-order valence-electron chi connectivity index (χ3n) is 10.6. The maximum absolute atomic E-state index is 5.78. The molecule has 0 aliphatic carbocycles. The normalized spacial score (nSPS) is 11.3. The molecule has 5 heterocycles. The second-order valence-electron chi connectivity index (χ2n) is 14.0. The van der Waals surface area contributed by atoms with Crippen LogP contribution in [0.2, 0.25) is 0 Å². The van der Waals surface area contributed by atoms with Crippen molar-refractivity contribution in [2.24, 2.45) is 0 Å². The second kappa shape index (κ2) is 17.0. The maximum atomic E-state index is 5.78. The number of rotatable bonds is 8. The van der Waals surface area contributed by atoms with Gasteiger partial charge in [0.05, 0.1) is 51.2 Å². The fourth-order valence-corrected chi connectivity index (χ4v) is 7.64. The van der Waals surface area contributed by atoms with Gasteiger partial charge in [-0.3, -0.25) is 0 Å². The van der Waals surface area contributed by atoms with Gasteiger partial charge in [0.25, 0.3) is 0 Å². The van der Waals surface area contributed by atoms with Crippen LogP contribution in [0.5, 0.6) is 23.0 Å². The van der Waals surface area contributed by atoms with Gasteiger partial charge in [0.15, 0.2) is 0 Å². The average Bonchev–Trinajstić information content (AvgIpc) is 4.15. The molecule has 9 heteroatoms. The number of methoxy groups -OCH3 is 4. The zero-order chi connectivity index (χ0) is 41.3.